The van der Waals surface area contributed by atoms with Gasteiger partial charge in [-0.25, -0.2) is 5.43 Å². The fraction of sp³-hybridized carbons (Fsp3) is 0.400. The van der Waals surface area contributed by atoms with Gasteiger partial charge in [0.2, 0.25) is 11.8 Å². The third kappa shape index (κ3) is 2.31. The Bertz CT molecular complexity index is 590. The summed E-state index contributed by atoms with van der Waals surface area (Å²) < 4.78 is 0. The quantitative estimate of drug-likeness (QED) is 0.879. The summed E-state index contributed by atoms with van der Waals surface area (Å²) in [6.07, 6.45) is 0.885. The lowest BCUT2D eigenvalue weighted by molar-refractivity contribution is -0.122. The fourth-order valence-electron chi connectivity index (χ4n) is 2.36. The molecule has 1 aliphatic heterocycles. The molecule has 1 aromatic rings. The second-order valence-corrected chi connectivity index (χ2v) is 5.64. The molecule has 5 heteroatoms. The van der Waals surface area contributed by atoms with E-state index in [2.05, 4.69) is 15.8 Å². The van der Waals surface area contributed by atoms with E-state index in [4.69, 9.17) is 0 Å². The Kier molecular flexibility index (Phi) is 3.04. The molecular formula is C15H17N3O2. The van der Waals surface area contributed by atoms with Crippen molar-refractivity contribution in [3.63, 3.8) is 0 Å². The van der Waals surface area contributed by atoms with Crippen molar-refractivity contribution in [2.24, 2.45) is 22.9 Å². The summed E-state index contributed by atoms with van der Waals surface area (Å²) in [5.74, 6) is 0.351. The van der Waals surface area contributed by atoms with E-state index in [9.17, 15) is 9.59 Å². The van der Waals surface area contributed by atoms with Gasteiger partial charge < -0.3 is 5.32 Å². The Morgan fingerprint density at radius 2 is 2.00 bits per heavy atom. The number of nitrogens with one attached hydrogen (secondary N) is 2. The summed E-state index contributed by atoms with van der Waals surface area (Å²) in [5.41, 5.74) is 5.28. The maximum absolute atomic E-state index is 11.6. The van der Waals surface area contributed by atoms with Gasteiger partial charge in [-0.2, -0.15) is 5.10 Å². The smallest absolute Gasteiger partial charge is 0.243 e. The monoisotopic (exact) mass is 271 g/mol. The number of nitrogens with zero attached hydrogens (tertiary/aromatic N) is 1. The number of carbonyl (C=O) groups excluding carboxylic acids is 2. The first-order chi connectivity index (χ1) is 9.56. The number of anilines is 1. The van der Waals surface area contributed by atoms with Crippen molar-refractivity contribution in [3.8, 4) is 0 Å². The minimum absolute atomic E-state index is 0.00211. The zero-order valence-electron chi connectivity index (χ0n) is 11.5. The molecule has 2 atom stereocenters. The lowest BCUT2D eigenvalue weighted by atomic mass is 10.0. The van der Waals surface area contributed by atoms with E-state index < -0.39 is 0 Å². The van der Waals surface area contributed by atoms with Gasteiger partial charge in [0.1, 0.15) is 0 Å². The Balaban J connectivity index is 1.74. The number of hydrogen-bond donors (Lipinski definition) is 2. The number of carbonyl (C=O) groups is 2. The van der Waals surface area contributed by atoms with Gasteiger partial charge >= 0.3 is 0 Å². The molecule has 1 heterocycles. The number of amides is 2. The first-order valence-electron chi connectivity index (χ1n) is 6.85. The van der Waals surface area contributed by atoms with Gasteiger partial charge in [-0.05, 0) is 24.1 Å². The van der Waals surface area contributed by atoms with Crippen LogP contribution in [0.5, 0.6) is 0 Å². The van der Waals surface area contributed by atoms with Crippen LogP contribution in [-0.2, 0) is 9.59 Å². The maximum atomic E-state index is 11.6. The van der Waals surface area contributed by atoms with E-state index in [0.717, 1.165) is 23.4 Å². The third-order valence-electron chi connectivity index (χ3n) is 3.74. The zero-order chi connectivity index (χ0) is 14.3. The molecule has 3 rings (SSSR count). The van der Waals surface area contributed by atoms with Crippen LogP contribution in [0.4, 0.5) is 5.69 Å². The molecule has 104 valence electrons. The summed E-state index contributed by atoms with van der Waals surface area (Å²) >= 11 is 0. The van der Waals surface area contributed by atoms with E-state index in [1.165, 1.54) is 0 Å². The molecule has 1 saturated carbocycles. The molecule has 20 heavy (non-hydrogen) atoms. The lowest BCUT2D eigenvalue weighted by Gasteiger charge is -2.12. The fourth-order valence-corrected chi connectivity index (χ4v) is 2.36. The molecule has 0 saturated heterocycles. The number of benzene rings is 1. The van der Waals surface area contributed by atoms with Gasteiger partial charge in [-0.3, -0.25) is 9.59 Å². The van der Waals surface area contributed by atoms with E-state index in [1.807, 2.05) is 38.1 Å². The molecule has 2 unspecified atom stereocenters. The molecule has 0 bridgehead atoms. The molecule has 0 aromatic heterocycles. The lowest BCUT2D eigenvalue weighted by Crippen LogP contribution is -2.28. The molecule has 1 fully saturated rings. The van der Waals surface area contributed by atoms with Crippen molar-refractivity contribution in [1.29, 1.82) is 0 Å². The highest BCUT2D eigenvalue weighted by atomic mass is 16.2. The van der Waals surface area contributed by atoms with Gasteiger partial charge in [0.15, 0.2) is 0 Å². The van der Waals surface area contributed by atoms with Gasteiger partial charge in [0, 0.05) is 23.4 Å². The molecule has 2 amide bonds. The molecule has 2 N–H and O–H groups in total. The minimum atomic E-state index is -0.0418. The van der Waals surface area contributed by atoms with Crippen LogP contribution in [-0.4, -0.2) is 17.5 Å². The third-order valence-corrected chi connectivity index (χ3v) is 3.74. The molecule has 1 aromatic carbocycles. The van der Waals surface area contributed by atoms with Crippen molar-refractivity contribution in [3.05, 3.63) is 29.8 Å². The second-order valence-electron chi connectivity index (χ2n) is 5.64. The zero-order valence-corrected chi connectivity index (χ0v) is 11.5. The molecule has 5 nitrogen and oxygen atoms in total. The first-order valence-corrected chi connectivity index (χ1v) is 6.85. The van der Waals surface area contributed by atoms with E-state index in [-0.39, 0.29) is 29.6 Å². The van der Waals surface area contributed by atoms with Crippen molar-refractivity contribution in [1.82, 2.24) is 5.43 Å². The summed E-state index contributed by atoms with van der Waals surface area (Å²) in [4.78, 5) is 23.0. The van der Waals surface area contributed by atoms with Crippen molar-refractivity contribution >= 4 is 23.2 Å². The number of hydrogen-bond acceptors (Lipinski definition) is 3. The maximum Gasteiger partial charge on any atom is 0.243 e. The Morgan fingerprint density at radius 3 is 2.65 bits per heavy atom. The Morgan fingerprint density at radius 1 is 1.30 bits per heavy atom. The SMILES string of the molecule is CC(C)C(=O)Nc1ccc(C2=NNC(=O)C3CC23)cc1. The van der Waals surface area contributed by atoms with Gasteiger partial charge in [0.25, 0.3) is 0 Å². The molecule has 2 aliphatic rings. The van der Waals surface area contributed by atoms with Crippen LogP contribution >= 0.6 is 0 Å². The predicted molar refractivity (Wildman–Crippen MR) is 76.2 cm³/mol. The van der Waals surface area contributed by atoms with Gasteiger partial charge in [0.05, 0.1) is 5.71 Å². The van der Waals surface area contributed by atoms with E-state index in [1.54, 1.807) is 0 Å². The summed E-state index contributed by atoms with van der Waals surface area (Å²) in [6, 6.07) is 7.60. The normalized spacial score (nSPS) is 23.8. The van der Waals surface area contributed by atoms with Crippen LogP contribution < -0.4 is 10.7 Å². The minimum Gasteiger partial charge on any atom is -0.326 e. The number of hydrazone groups is 1. The molecular weight excluding hydrogens is 254 g/mol. The van der Waals surface area contributed by atoms with E-state index in [0.29, 0.717) is 0 Å². The average Bonchev–Trinajstić information content (AvgIpc) is 3.21. The Hall–Kier alpha value is -2.17. The van der Waals surface area contributed by atoms with Gasteiger partial charge in [-0.15, -0.1) is 0 Å². The van der Waals surface area contributed by atoms with Gasteiger partial charge in [-0.1, -0.05) is 26.0 Å². The van der Waals surface area contributed by atoms with Crippen molar-refractivity contribution in [2.45, 2.75) is 20.3 Å². The number of fused-ring (bicyclic) bond motifs is 1. The molecule has 0 spiro atoms. The average molecular weight is 271 g/mol. The molecule has 0 radical (unpaired) electrons. The summed E-state index contributed by atoms with van der Waals surface area (Å²) in [7, 11) is 0. The van der Waals surface area contributed by atoms with Crippen LogP contribution in [0.2, 0.25) is 0 Å². The van der Waals surface area contributed by atoms with Crippen molar-refractivity contribution < 1.29 is 9.59 Å². The van der Waals surface area contributed by atoms with Crippen LogP contribution in [0, 0.1) is 17.8 Å². The van der Waals surface area contributed by atoms with Crippen LogP contribution in [0.15, 0.2) is 29.4 Å². The highest BCUT2D eigenvalue weighted by molar-refractivity contribution is 6.09. The Labute approximate surface area is 117 Å². The molecule has 1 aliphatic carbocycles. The van der Waals surface area contributed by atoms with Crippen LogP contribution in [0.3, 0.4) is 0 Å². The highest BCUT2D eigenvalue weighted by Gasteiger charge is 2.49. The van der Waals surface area contributed by atoms with Crippen molar-refractivity contribution in [2.75, 3.05) is 5.32 Å². The van der Waals surface area contributed by atoms with Crippen LogP contribution in [0.25, 0.3) is 0 Å². The second kappa shape index (κ2) is 4.74. The first kappa shape index (κ1) is 12.8. The predicted octanol–water partition coefficient (Wildman–Crippen LogP) is 1.75. The van der Waals surface area contributed by atoms with E-state index >= 15 is 0 Å². The largest absolute Gasteiger partial charge is 0.326 e. The topological polar surface area (TPSA) is 70.6 Å². The summed E-state index contributed by atoms with van der Waals surface area (Å²) in [5, 5.41) is 7.00. The van der Waals surface area contributed by atoms with Crippen LogP contribution in [0.1, 0.15) is 25.8 Å². The number of rotatable bonds is 3. The highest BCUT2D eigenvalue weighted by Crippen LogP contribution is 2.43. The standard InChI is InChI=1S/C15H17N3O2/c1-8(2)14(19)16-10-5-3-9(4-6-10)13-11-7-12(11)15(20)18-17-13/h3-6,8,11-12H,7H2,1-2H3,(H,16,19)(H,18,20). The summed E-state index contributed by atoms with van der Waals surface area (Å²) in [6.45, 7) is 3.72.